The molecule has 0 saturated carbocycles. The summed E-state index contributed by atoms with van der Waals surface area (Å²) in [5, 5.41) is 2.44. The van der Waals surface area contributed by atoms with Gasteiger partial charge < -0.3 is 4.90 Å². The van der Waals surface area contributed by atoms with Crippen molar-refractivity contribution in [3.63, 3.8) is 0 Å². The number of para-hydroxylation sites is 3. The number of benzene rings is 7. The minimum Gasteiger partial charge on any atom is -0.310 e. The van der Waals surface area contributed by atoms with Gasteiger partial charge in [0.2, 0.25) is 0 Å². The molecule has 0 N–H and O–H groups in total. The van der Waals surface area contributed by atoms with Gasteiger partial charge in [-0.05, 0) is 99.8 Å². The zero-order valence-electron chi connectivity index (χ0n) is 26.4. The molecule has 0 fully saturated rings. The van der Waals surface area contributed by atoms with Gasteiger partial charge in [-0.15, -0.1) is 0 Å². The molecule has 1 aromatic heterocycles. The number of aromatic nitrogens is 2. The topological polar surface area (TPSA) is 21.1 Å². The molecular weight excluding hydrogens is 571 g/mol. The standard InChI is InChI=1S/C44H33N3/c1-44(2)39-25-24-36(46(33-16-6-3-7-17-33)34-18-8-4-9-19-34)27-37(39)38-28-42-41(29-40(38)44)45-43(47(42)35-20-10-5-11-21-35)32-23-22-30-14-12-13-15-31(30)26-32/h3-29H,1-2H3. The molecule has 224 valence electrons. The molecule has 47 heavy (non-hydrogen) atoms. The third kappa shape index (κ3) is 4.39. The molecule has 9 rings (SSSR count). The van der Waals surface area contributed by atoms with Crippen LogP contribution >= 0.6 is 0 Å². The van der Waals surface area contributed by atoms with E-state index in [0.717, 1.165) is 45.2 Å². The van der Waals surface area contributed by atoms with E-state index in [1.54, 1.807) is 0 Å². The predicted octanol–water partition coefficient (Wildman–Crippen LogP) is 11.6. The van der Waals surface area contributed by atoms with Crippen LogP contribution in [-0.4, -0.2) is 9.55 Å². The molecule has 1 aliphatic carbocycles. The van der Waals surface area contributed by atoms with Gasteiger partial charge in [-0.2, -0.15) is 0 Å². The van der Waals surface area contributed by atoms with E-state index in [1.807, 2.05) is 0 Å². The second-order valence-corrected chi connectivity index (χ2v) is 12.9. The van der Waals surface area contributed by atoms with Gasteiger partial charge in [0.1, 0.15) is 5.82 Å². The van der Waals surface area contributed by atoms with Crippen molar-refractivity contribution in [2.24, 2.45) is 0 Å². The summed E-state index contributed by atoms with van der Waals surface area (Å²) in [6.07, 6.45) is 0. The van der Waals surface area contributed by atoms with Crippen molar-refractivity contribution in [1.29, 1.82) is 0 Å². The third-order valence-corrected chi connectivity index (χ3v) is 9.74. The number of anilines is 3. The van der Waals surface area contributed by atoms with Crippen molar-refractivity contribution >= 4 is 38.9 Å². The second-order valence-electron chi connectivity index (χ2n) is 12.9. The van der Waals surface area contributed by atoms with Crippen LogP contribution in [0, 0.1) is 0 Å². The van der Waals surface area contributed by atoms with E-state index in [9.17, 15) is 0 Å². The summed E-state index contributed by atoms with van der Waals surface area (Å²) in [5.41, 5.74) is 12.7. The highest BCUT2D eigenvalue weighted by atomic mass is 15.1. The fourth-order valence-electron chi connectivity index (χ4n) is 7.41. The summed E-state index contributed by atoms with van der Waals surface area (Å²) < 4.78 is 2.33. The van der Waals surface area contributed by atoms with E-state index in [-0.39, 0.29) is 5.41 Å². The van der Waals surface area contributed by atoms with E-state index in [2.05, 4.69) is 187 Å². The number of hydrogen-bond acceptors (Lipinski definition) is 2. The SMILES string of the molecule is CC1(C)c2ccc(N(c3ccccc3)c3ccccc3)cc2-c2cc3c(cc21)nc(-c1ccc2ccccc2c1)n3-c1ccccc1. The molecule has 0 aliphatic heterocycles. The van der Waals surface area contributed by atoms with Gasteiger partial charge in [-0.1, -0.05) is 111 Å². The van der Waals surface area contributed by atoms with E-state index in [1.165, 1.54) is 33.0 Å². The van der Waals surface area contributed by atoms with Gasteiger partial charge in [0.05, 0.1) is 11.0 Å². The fraction of sp³-hybridized carbons (Fsp3) is 0.0682. The fourth-order valence-corrected chi connectivity index (χ4v) is 7.41. The van der Waals surface area contributed by atoms with Crippen molar-refractivity contribution in [1.82, 2.24) is 9.55 Å². The Balaban J connectivity index is 1.27. The molecule has 0 amide bonds. The first-order valence-corrected chi connectivity index (χ1v) is 16.2. The van der Waals surface area contributed by atoms with Crippen LogP contribution in [0.5, 0.6) is 0 Å². The van der Waals surface area contributed by atoms with Crippen LogP contribution in [0.15, 0.2) is 164 Å². The van der Waals surface area contributed by atoms with E-state index in [4.69, 9.17) is 4.98 Å². The molecule has 0 spiro atoms. The summed E-state index contributed by atoms with van der Waals surface area (Å²) in [6, 6.07) is 58.7. The predicted molar refractivity (Wildman–Crippen MR) is 196 cm³/mol. The summed E-state index contributed by atoms with van der Waals surface area (Å²) in [5.74, 6) is 0.951. The monoisotopic (exact) mass is 603 g/mol. The maximum atomic E-state index is 5.35. The first-order chi connectivity index (χ1) is 23.1. The zero-order valence-corrected chi connectivity index (χ0v) is 26.4. The molecule has 3 nitrogen and oxygen atoms in total. The van der Waals surface area contributed by atoms with Crippen LogP contribution in [-0.2, 0) is 5.41 Å². The number of nitrogens with zero attached hydrogens (tertiary/aromatic N) is 3. The molecule has 8 aromatic rings. The average molecular weight is 604 g/mol. The van der Waals surface area contributed by atoms with Gasteiger partial charge in [0.25, 0.3) is 0 Å². The van der Waals surface area contributed by atoms with Crippen molar-refractivity contribution in [2.45, 2.75) is 19.3 Å². The van der Waals surface area contributed by atoms with E-state index in [0.29, 0.717) is 0 Å². The lowest BCUT2D eigenvalue weighted by molar-refractivity contribution is 0.661. The first-order valence-electron chi connectivity index (χ1n) is 16.2. The molecule has 0 atom stereocenters. The quantitative estimate of drug-likeness (QED) is 0.195. The van der Waals surface area contributed by atoms with Crippen molar-refractivity contribution in [2.75, 3.05) is 4.90 Å². The normalized spacial score (nSPS) is 13.1. The Kier molecular flexibility index (Phi) is 6.16. The molecule has 0 saturated heterocycles. The molecule has 7 aromatic carbocycles. The summed E-state index contributed by atoms with van der Waals surface area (Å²) in [6.45, 7) is 4.68. The smallest absolute Gasteiger partial charge is 0.145 e. The third-order valence-electron chi connectivity index (χ3n) is 9.74. The van der Waals surface area contributed by atoms with Gasteiger partial charge in [0, 0.05) is 33.7 Å². The van der Waals surface area contributed by atoms with Crippen LogP contribution in [0.1, 0.15) is 25.0 Å². The molecule has 1 heterocycles. The van der Waals surface area contributed by atoms with Gasteiger partial charge in [-0.3, -0.25) is 4.57 Å². The first kappa shape index (κ1) is 27.4. The van der Waals surface area contributed by atoms with Crippen LogP contribution in [0.25, 0.3) is 50.0 Å². The number of fused-ring (bicyclic) bond motifs is 5. The molecule has 3 heteroatoms. The lowest BCUT2D eigenvalue weighted by Crippen LogP contribution is -2.15. The minimum atomic E-state index is -0.165. The Morgan fingerprint density at radius 1 is 0.511 bits per heavy atom. The number of hydrogen-bond donors (Lipinski definition) is 0. The van der Waals surface area contributed by atoms with Crippen LogP contribution < -0.4 is 4.90 Å². The van der Waals surface area contributed by atoms with E-state index >= 15 is 0 Å². The Bertz CT molecular complexity index is 2380. The average Bonchev–Trinajstić information content (AvgIpc) is 3.60. The lowest BCUT2D eigenvalue weighted by Gasteiger charge is -2.27. The van der Waals surface area contributed by atoms with Crippen LogP contribution in [0.2, 0.25) is 0 Å². The minimum absolute atomic E-state index is 0.165. The summed E-state index contributed by atoms with van der Waals surface area (Å²) in [7, 11) is 0. The van der Waals surface area contributed by atoms with Crippen molar-refractivity contribution < 1.29 is 0 Å². The molecule has 0 unspecified atom stereocenters. The summed E-state index contributed by atoms with van der Waals surface area (Å²) in [4.78, 5) is 7.69. The van der Waals surface area contributed by atoms with Crippen LogP contribution in [0.4, 0.5) is 17.1 Å². The highest BCUT2D eigenvalue weighted by Crippen LogP contribution is 2.52. The van der Waals surface area contributed by atoms with Crippen LogP contribution in [0.3, 0.4) is 0 Å². The number of rotatable bonds is 5. The Labute approximate surface area is 275 Å². The molecule has 0 radical (unpaired) electrons. The molecule has 1 aliphatic rings. The Morgan fingerprint density at radius 2 is 1.13 bits per heavy atom. The maximum absolute atomic E-state index is 5.35. The Morgan fingerprint density at radius 3 is 1.83 bits per heavy atom. The van der Waals surface area contributed by atoms with Gasteiger partial charge >= 0.3 is 0 Å². The largest absolute Gasteiger partial charge is 0.310 e. The highest BCUT2D eigenvalue weighted by molar-refractivity contribution is 5.95. The van der Waals surface area contributed by atoms with Crippen molar-refractivity contribution in [3.8, 4) is 28.2 Å². The Hall–Kier alpha value is -5.93. The van der Waals surface area contributed by atoms with Crippen molar-refractivity contribution in [3.05, 3.63) is 175 Å². The second kappa shape index (κ2) is 10.6. The summed E-state index contributed by atoms with van der Waals surface area (Å²) >= 11 is 0. The zero-order chi connectivity index (χ0) is 31.5. The lowest BCUT2D eigenvalue weighted by atomic mass is 9.82. The highest BCUT2D eigenvalue weighted by Gasteiger charge is 2.37. The number of imidazole rings is 1. The molecule has 0 bridgehead atoms. The van der Waals surface area contributed by atoms with Gasteiger partial charge in [0.15, 0.2) is 0 Å². The maximum Gasteiger partial charge on any atom is 0.145 e. The van der Waals surface area contributed by atoms with E-state index < -0.39 is 0 Å². The molecular formula is C44H33N3. The van der Waals surface area contributed by atoms with Gasteiger partial charge in [-0.25, -0.2) is 4.98 Å².